The van der Waals surface area contributed by atoms with Gasteiger partial charge in [0, 0.05) is 24.5 Å². The SMILES string of the molecule is CCN(C)S(=O)(=O)c1ccc2nc(NC(=O)c3ccc(CBr)cc3)sc2c1. The number of anilines is 1. The summed E-state index contributed by atoms with van der Waals surface area (Å²) in [6.45, 7) is 2.17. The molecule has 6 nitrogen and oxygen atoms in total. The van der Waals surface area contributed by atoms with Crippen molar-refractivity contribution in [3.8, 4) is 0 Å². The summed E-state index contributed by atoms with van der Waals surface area (Å²) in [7, 11) is -1.98. The number of aromatic nitrogens is 1. The molecule has 0 aliphatic carbocycles. The predicted octanol–water partition coefficient (Wildman–Crippen LogP) is 4.08. The normalized spacial score (nSPS) is 11.9. The maximum atomic E-state index is 12.5. The lowest BCUT2D eigenvalue weighted by Crippen LogP contribution is -2.26. The van der Waals surface area contributed by atoms with Crippen LogP contribution in [0.2, 0.25) is 0 Å². The van der Waals surface area contributed by atoms with E-state index in [-0.39, 0.29) is 10.8 Å². The van der Waals surface area contributed by atoms with E-state index in [1.54, 1.807) is 38.2 Å². The molecule has 1 aromatic heterocycles. The van der Waals surface area contributed by atoms with Crippen LogP contribution in [0.4, 0.5) is 5.13 Å². The number of carbonyl (C=O) groups excluding carboxylic acids is 1. The molecule has 1 amide bonds. The number of alkyl halides is 1. The lowest BCUT2D eigenvalue weighted by atomic mass is 10.1. The van der Waals surface area contributed by atoms with Crippen LogP contribution in [0.15, 0.2) is 47.4 Å². The zero-order valence-corrected chi connectivity index (χ0v) is 18.0. The topological polar surface area (TPSA) is 79.4 Å². The van der Waals surface area contributed by atoms with Crippen molar-refractivity contribution in [3.05, 3.63) is 53.6 Å². The summed E-state index contributed by atoms with van der Waals surface area (Å²) >= 11 is 4.61. The van der Waals surface area contributed by atoms with Crippen molar-refractivity contribution in [3.63, 3.8) is 0 Å². The Hall–Kier alpha value is -1.81. The maximum Gasteiger partial charge on any atom is 0.257 e. The van der Waals surface area contributed by atoms with Crippen molar-refractivity contribution >= 4 is 58.5 Å². The van der Waals surface area contributed by atoms with Gasteiger partial charge in [0.25, 0.3) is 5.91 Å². The lowest BCUT2D eigenvalue weighted by Gasteiger charge is -2.14. The van der Waals surface area contributed by atoms with Crippen molar-refractivity contribution in [2.75, 3.05) is 18.9 Å². The van der Waals surface area contributed by atoms with E-state index in [0.717, 1.165) is 10.9 Å². The van der Waals surface area contributed by atoms with Crippen LogP contribution in [0.25, 0.3) is 10.2 Å². The first-order chi connectivity index (χ1) is 12.8. The van der Waals surface area contributed by atoms with Crippen LogP contribution in [-0.4, -0.2) is 37.2 Å². The van der Waals surface area contributed by atoms with Gasteiger partial charge in [-0.2, -0.15) is 0 Å². The first kappa shape index (κ1) is 19.9. The smallest absolute Gasteiger partial charge is 0.257 e. The molecule has 3 aromatic rings. The van der Waals surface area contributed by atoms with Crippen LogP contribution in [0, 0.1) is 0 Å². The van der Waals surface area contributed by atoms with E-state index in [2.05, 4.69) is 26.2 Å². The molecule has 27 heavy (non-hydrogen) atoms. The fraction of sp³-hybridized carbons (Fsp3) is 0.222. The molecule has 0 saturated carbocycles. The minimum Gasteiger partial charge on any atom is -0.298 e. The number of carbonyl (C=O) groups is 1. The van der Waals surface area contributed by atoms with Gasteiger partial charge in [-0.05, 0) is 35.9 Å². The molecular formula is C18H18BrN3O3S2. The molecule has 1 heterocycles. The van der Waals surface area contributed by atoms with E-state index < -0.39 is 10.0 Å². The lowest BCUT2D eigenvalue weighted by molar-refractivity contribution is 0.102. The summed E-state index contributed by atoms with van der Waals surface area (Å²) in [6.07, 6.45) is 0. The summed E-state index contributed by atoms with van der Waals surface area (Å²) in [5.41, 5.74) is 2.26. The number of halogens is 1. The molecular weight excluding hydrogens is 450 g/mol. The fourth-order valence-corrected chi connectivity index (χ4v) is 4.94. The zero-order chi connectivity index (χ0) is 19.6. The average molecular weight is 468 g/mol. The van der Waals surface area contributed by atoms with Crippen LogP contribution < -0.4 is 5.32 Å². The van der Waals surface area contributed by atoms with Crippen molar-refractivity contribution in [1.82, 2.24) is 9.29 Å². The van der Waals surface area contributed by atoms with Crippen molar-refractivity contribution in [2.24, 2.45) is 0 Å². The van der Waals surface area contributed by atoms with Gasteiger partial charge >= 0.3 is 0 Å². The third kappa shape index (κ3) is 4.21. The minimum absolute atomic E-state index is 0.214. The molecule has 1 N–H and O–H groups in total. The summed E-state index contributed by atoms with van der Waals surface area (Å²) in [6, 6.07) is 12.0. The fourth-order valence-electron chi connectivity index (χ4n) is 2.38. The van der Waals surface area contributed by atoms with Gasteiger partial charge in [-0.3, -0.25) is 10.1 Å². The van der Waals surface area contributed by atoms with Crippen molar-refractivity contribution < 1.29 is 13.2 Å². The number of benzene rings is 2. The Labute approximate surface area is 170 Å². The van der Waals surface area contributed by atoms with Gasteiger partial charge in [-0.1, -0.05) is 46.3 Å². The molecule has 0 unspecified atom stereocenters. The number of hydrogen-bond donors (Lipinski definition) is 1. The minimum atomic E-state index is -3.52. The number of nitrogens with zero attached hydrogens (tertiary/aromatic N) is 2. The molecule has 0 aliphatic rings. The molecule has 9 heteroatoms. The first-order valence-corrected chi connectivity index (χ1v) is 11.6. The number of amides is 1. The Morgan fingerprint density at radius 3 is 2.56 bits per heavy atom. The molecule has 0 bridgehead atoms. The maximum absolute atomic E-state index is 12.5. The number of hydrogen-bond acceptors (Lipinski definition) is 5. The van der Waals surface area contributed by atoms with Crippen molar-refractivity contribution in [2.45, 2.75) is 17.1 Å². The van der Waals surface area contributed by atoms with E-state index in [0.29, 0.717) is 27.5 Å². The standard InChI is InChI=1S/C18H18BrN3O3S2/c1-3-22(2)27(24,25)14-8-9-15-16(10-14)26-18(20-15)21-17(23)13-6-4-12(11-19)5-7-13/h4-10H,3,11H2,1-2H3,(H,20,21,23). The molecule has 142 valence electrons. The first-order valence-electron chi connectivity index (χ1n) is 8.18. The molecule has 3 rings (SSSR count). The monoisotopic (exact) mass is 467 g/mol. The van der Waals surface area contributed by atoms with E-state index in [9.17, 15) is 13.2 Å². The Morgan fingerprint density at radius 1 is 1.22 bits per heavy atom. The highest BCUT2D eigenvalue weighted by Gasteiger charge is 2.20. The van der Waals surface area contributed by atoms with Crippen molar-refractivity contribution in [1.29, 1.82) is 0 Å². The van der Waals surface area contributed by atoms with E-state index >= 15 is 0 Å². The largest absolute Gasteiger partial charge is 0.298 e. The van der Waals surface area contributed by atoms with Crippen LogP contribution >= 0.6 is 27.3 Å². The number of rotatable bonds is 6. The van der Waals surface area contributed by atoms with Gasteiger partial charge in [0.2, 0.25) is 10.0 Å². The molecule has 0 aliphatic heterocycles. The molecule has 0 atom stereocenters. The molecule has 2 aromatic carbocycles. The second-order valence-corrected chi connectivity index (χ2v) is 9.49. The van der Waals surface area contributed by atoms with Gasteiger partial charge in [0.05, 0.1) is 15.1 Å². The van der Waals surface area contributed by atoms with E-state index in [1.807, 2.05) is 12.1 Å². The Morgan fingerprint density at radius 2 is 1.93 bits per heavy atom. The molecule has 0 radical (unpaired) electrons. The summed E-state index contributed by atoms with van der Waals surface area (Å²) in [5, 5.41) is 3.93. The predicted molar refractivity (Wildman–Crippen MR) is 112 cm³/mol. The second-order valence-electron chi connectivity index (χ2n) is 5.85. The van der Waals surface area contributed by atoms with Gasteiger partial charge in [0.1, 0.15) is 0 Å². The van der Waals surface area contributed by atoms with Gasteiger partial charge < -0.3 is 0 Å². The summed E-state index contributed by atoms with van der Waals surface area (Å²) < 4.78 is 26.9. The zero-order valence-electron chi connectivity index (χ0n) is 14.8. The van der Waals surface area contributed by atoms with E-state index in [1.165, 1.54) is 21.7 Å². The highest BCUT2D eigenvalue weighted by Crippen LogP contribution is 2.29. The quantitative estimate of drug-likeness (QED) is 0.553. The van der Waals surface area contributed by atoms with Gasteiger partial charge in [0.15, 0.2) is 5.13 Å². The third-order valence-corrected chi connectivity index (χ3v) is 7.61. The number of thiazole rings is 1. The number of fused-ring (bicyclic) bond motifs is 1. The second kappa shape index (κ2) is 8.05. The molecule has 0 fully saturated rings. The van der Waals surface area contributed by atoms with E-state index in [4.69, 9.17) is 0 Å². The Kier molecular flexibility index (Phi) is 5.95. The van der Waals surface area contributed by atoms with Gasteiger partial charge in [-0.15, -0.1) is 0 Å². The summed E-state index contributed by atoms with van der Waals surface area (Å²) in [4.78, 5) is 17.0. The Bertz CT molecular complexity index is 1080. The number of nitrogens with one attached hydrogen (secondary N) is 1. The highest BCUT2D eigenvalue weighted by atomic mass is 79.9. The third-order valence-electron chi connectivity index (χ3n) is 4.10. The van der Waals surface area contributed by atoms with Crippen LogP contribution in [0.5, 0.6) is 0 Å². The van der Waals surface area contributed by atoms with Crippen LogP contribution in [0.1, 0.15) is 22.8 Å². The summed E-state index contributed by atoms with van der Waals surface area (Å²) in [5.74, 6) is -0.256. The molecule has 0 saturated heterocycles. The van der Waals surface area contributed by atoms with Crippen LogP contribution in [-0.2, 0) is 15.4 Å². The highest BCUT2D eigenvalue weighted by molar-refractivity contribution is 9.08. The van der Waals surface area contributed by atoms with Gasteiger partial charge in [-0.25, -0.2) is 17.7 Å². The molecule has 0 spiro atoms. The average Bonchev–Trinajstić information content (AvgIpc) is 3.08. The number of sulfonamides is 1. The Balaban J connectivity index is 1.85. The van der Waals surface area contributed by atoms with Crippen LogP contribution in [0.3, 0.4) is 0 Å².